The third kappa shape index (κ3) is 7.76. The van der Waals surface area contributed by atoms with Gasteiger partial charge in [0.1, 0.15) is 11.5 Å². The minimum Gasteiger partial charge on any atom is -0.446 e. The van der Waals surface area contributed by atoms with Gasteiger partial charge in [-0.25, -0.2) is 13.4 Å². The van der Waals surface area contributed by atoms with Crippen molar-refractivity contribution in [3.05, 3.63) is 61.4 Å². The number of aryl methyl sites for hydroxylation is 2. The third-order valence-corrected chi connectivity index (χ3v) is 3.88. The van der Waals surface area contributed by atoms with E-state index in [-0.39, 0.29) is 0 Å². The molecule has 0 aliphatic rings. The van der Waals surface area contributed by atoms with Gasteiger partial charge in [0.15, 0.2) is 15.7 Å². The summed E-state index contributed by atoms with van der Waals surface area (Å²) in [5, 5.41) is 0. The molecule has 0 spiro atoms. The number of aliphatic imine (C=N–C) groups is 1. The zero-order valence-electron chi connectivity index (χ0n) is 15.5. The minimum absolute atomic E-state index is 0.305. The Kier molecular flexibility index (Phi) is 10.0. The summed E-state index contributed by atoms with van der Waals surface area (Å²) in [5.74, 6) is 1.33. The lowest BCUT2D eigenvalue weighted by Gasteiger charge is -2.00. The van der Waals surface area contributed by atoms with E-state index < -0.39 is 9.84 Å². The van der Waals surface area contributed by atoms with E-state index in [2.05, 4.69) is 23.1 Å². The highest BCUT2D eigenvalue weighted by molar-refractivity contribution is 7.90. The second-order valence-corrected chi connectivity index (χ2v) is 6.67. The van der Waals surface area contributed by atoms with Gasteiger partial charge in [-0.2, -0.15) is 0 Å². The summed E-state index contributed by atoms with van der Waals surface area (Å²) in [6, 6.07) is 6.63. The van der Waals surface area contributed by atoms with Gasteiger partial charge in [-0.05, 0) is 19.1 Å². The number of nitrogens with zero attached hydrogens (tertiary/aromatic N) is 2. The molecule has 0 aliphatic heterocycles. The fourth-order valence-corrected chi connectivity index (χ4v) is 2.41. The number of hydrogen-bond donors (Lipinski definition) is 0. The highest BCUT2D eigenvalue weighted by Crippen LogP contribution is 2.24. The maximum atomic E-state index is 11.3. The first kappa shape index (κ1) is 22.5. The summed E-state index contributed by atoms with van der Waals surface area (Å²) in [6.07, 6.45) is 5.82. The molecule has 6 heteroatoms. The molecule has 1 aromatic carbocycles. The molecule has 0 aliphatic carbocycles. The van der Waals surface area contributed by atoms with Crippen molar-refractivity contribution >= 4 is 16.1 Å². The normalized spacial score (nSPS) is 10.3. The first-order valence-corrected chi connectivity index (χ1v) is 9.68. The topological polar surface area (TPSA) is 72.5 Å². The van der Waals surface area contributed by atoms with Gasteiger partial charge in [0.25, 0.3) is 0 Å². The van der Waals surface area contributed by atoms with Crippen molar-refractivity contribution in [2.75, 3.05) is 6.26 Å². The van der Waals surface area contributed by atoms with Crippen molar-refractivity contribution in [2.24, 2.45) is 4.99 Å². The van der Waals surface area contributed by atoms with Gasteiger partial charge < -0.3 is 4.42 Å². The molecule has 0 atom stereocenters. The van der Waals surface area contributed by atoms with Crippen LogP contribution < -0.4 is 0 Å². The molecule has 2 rings (SSSR count). The molecule has 0 fully saturated rings. The lowest BCUT2D eigenvalue weighted by atomic mass is 10.1. The van der Waals surface area contributed by atoms with E-state index in [0.717, 1.165) is 17.0 Å². The molecule has 1 heterocycles. The highest BCUT2D eigenvalue weighted by Gasteiger charge is 2.11. The number of hydrogen-bond acceptors (Lipinski definition) is 5. The van der Waals surface area contributed by atoms with Crippen molar-refractivity contribution in [3.8, 4) is 11.3 Å². The molecule has 0 amide bonds. The van der Waals surface area contributed by atoms with E-state index in [4.69, 9.17) is 4.42 Å². The van der Waals surface area contributed by atoms with Crippen LogP contribution in [0.2, 0.25) is 0 Å². The lowest BCUT2D eigenvalue weighted by molar-refractivity contribution is 0.495. The van der Waals surface area contributed by atoms with Gasteiger partial charge in [0, 0.05) is 31.2 Å². The molecule has 0 unspecified atom stereocenters. The van der Waals surface area contributed by atoms with Crippen LogP contribution in [0.15, 0.2) is 64.0 Å². The van der Waals surface area contributed by atoms with Crippen LogP contribution in [0.25, 0.3) is 11.3 Å². The number of allylic oxidation sites excluding steroid dienone is 1. The molecule has 2 aromatic rings. The van der Waals surface area contributed by atoms with E-state index in [1.54, 1.807) is 43.5 Å². The summed E-state index contributed by atoms with van der Waals surface area (Å²) >= 11 is 0. The summed E-state index contributed by atoms with van der Waals surface area (Å²) in [5.41, 5.74) is 1.61. The maximum Gasteiger partial charge on any atom is 0.191 e. The molecule has 25 heavy (non-hydrogen) atoms. The fraction of sp³-hybridized carbons (Fsp3) is 0.263. The van der Waals surface area contributed by atoms with E-state index in [0.29, 0.717) is 10.8 Å². The zero-order valence-corrected chi connectivity index (χ0v) is 16.3. The van der Waals surface area contributed by atoms with E-state index in [9.17, 15) is 8.42 Å². The van der Waals surface area contributed by atoms with Gasteiger partial charge in [-0.1, -0.05) is 45.2 Å². The Morgan fingerprint density at radius 1 is 1.12 bits per heavy atom. The summed E-state index contributed by atoms with van der Waals surface area (Å²) in [4.78, 5) is 8.17. The summed E-state index contributed by atoms with van der Waals surface area (Å²) in [6.45, 7) is 14.4. The van der Waals surface area contributed by atoms with Gasteiger partial charge in [-0.3, -0.25) is 4.99 Å². The molecule has 0 saturated heterocycles. The molecule has 5 nitrogen and oxygen atoms in total. The van der Waals surface area contributed by atoms with Crippen LogP contribution in [0.3, 0.4) is 0 Å². The Morgan fingerprint density at radius 3 is 2.00 bits per heavy atom. The molecule has 136 valence electrons. The predicted octanol–water partition coefficient (Wildman–Crippen LogP) is 4.77. The average Bonchev–Trinajstić information content (AvgIpc) is 2.93. The van der Waals surface area contributed by atoms with Gasteiger partial charge in [0.2, 0.25) is 0 Å². The lowest BCUT2D eigenvalue weighted by Crippen LogP contribution is -1.96. The van der Waals surface area contributed by atoms with Crippen LogP contribution >= 0.6 is 0 Å². The standard InChI is InChI=1S/C12H13NO3S.C5H7N.C2H6/c1-8-12(13-9(2)16-8)10-4-6-11(7-5-10)17(3,14)15;1-3-5-6-4-2;1-2/h4-7H,1-3H3;3-5H,1-2H2;1-2H3. The smallest absolute Gasteiger partial charge is 0.191 e. The third-order valence-electron chi connectivity index (χ3n) is 2.76. The van der Waals surface area contributed by atoms with Crippen LogP contribution in [-0.2, 0) is 9.84 Å². The van der Waals surface area contributed by atoms with Crippen LogP contribution in [0, 0.1) is 13.8 Å². The Bertz CT molecular complexity index is 792. The molecule has 0 saturated carbocycles. The second kappa shape index (κ2) is 11.1. The van der Waals surface area contributed by atoms with Crippen LogP contribution in [0.4, 0.5) is 0 Å². The van der Waals surface area contributed by atoms with Crippen molar-refractivity contribution in [3.63, 3.8) is 0 Å². The highest BCUT2D eigenvalue weighted by atomic mass is 32.2. The van der Waals surface area contributed by atoms with Gasteiger partial charge in [-0.15, -0.1) is 0 Å². The van der Waals surface area contributed by atoms with Crippen molar-refractivity contribution < 1.29 is 12.8 Å². The van der Waals surface area contributed by atoms with Gasteiger partial charge in [0.05, 0.1) is 4.90 Å². The summed E-state index contributed by atoms with van der Waals surface area (Å²) < 4.78 is 28.0. The van der Waals surface area contributed by atoms with E-state index in [1.165, 1.54) is 12.5 Å². The average molecular weight is 362 g/mol. The van der Waals surface area contributed by atoms with E-state index in [1.807, 2.05) is 20.8 Å². The van der Waals surface area contributed by atoms with Crippen molar-refractivity contribution in [1.29, 1.82) is 0 Å². The van der Waals surface area contributed by atoms with E-state index >= 15 is 0 Å². The maximum absolute atomic E-state index is 11.3. The molecular formula is C19H26N2O3S. The summed E-state index contributed by atoms with van der Waals surface area (Å²) in [7, 11) is -3.15. The first-order chi connectivity index (χ1) is 11.8. The fourth-order valence-electron chi connectivity index (χ4n) is 1.78. The van der Waals surface area contributed by atoms with Gasteiger partial charge >= 0.3 is 0 Å². The Hall–Kier alpha value is -2.47. The number of rotatable bonds is 4. The second-order valence-electron chi connectivity index (χ2n) is 4.65. The molecule has 0 N–H and O–H groups in total. The molecule has 0 radical (unpaired) electrons. The minimum atomic E-state index is -3.15. The number of benzene rings is 1. The van der Waals surface area contributed by atoms with Crippen molar-refractivity contribution in [2.45, 2.75) is 32.6 Å². The number of sulfone groups is 1. The molecule has 1 aromatic heterocycles. The van der Waals surface area contributed by atoms with Crippen LogP contribution in [0.1, 0.15) is 25.5 Å². The SMILES string of the molecule is C=CC=NC=C.CC.Cc1nc(-c2ccc(S(C)(=O)=O)cc2)c(C)o1. The Morgan fingerprint density at radius 2 is 1.68 bits per heavy atom. The van der Waals surface area contributed by atoms with Crippen LogP contribution in [-0.4, -0.2) is 25.9 Å². The zero-order chi connectivity index (χ0) is 19.5. The predicted molar refractivity (Wildman–Crippen MR) is 105 cm³/mol. The first-order valence-electron chi connectivity index (χ1n) is 7.79. The Balaban J connectivity index is 0.000000614. The van der Waals surface area contributed by atoms with Crippen LogP contribution in [0.5, 0.6) is 0 Å². The number of aromatic nitrogens is 1. The molecular weight excluding hydrogens is 336 g/mol. The monoisotopic (exact) mass is 362 g/mol. The Labute approximate surface area is 150 Å². The molecule has 0 bridgehead atoms. The van der Waals surface area contributed by atoms with Crippen molar-refractivity contribution in [1.82, 2.24) is 4.98 Å². The number of oxazole rings is 1. The largest absolute Gasteiger partial charge is 0.446 e. The quantitative estimate of drug-likeness (QED) is 0.734.